The Bertz CT molecular complexity index is 421. The zero-order valence-corrected chi connectivity index (χ0v) is 12.0. The van der Waals surface area contributed by atoms with E-state index >= 15 is 0 Å². The van der Waals surface area contributed by atoms with Crippen LogP contribution in [0.5, 0.6) is 0 Å². The maximum atomic E-state index is 11.9. The van der Waals surface area contributed by atoms with Gasteiger partial charge in [0.2, 0.25) is 5.91 Å². The first-order valence-electron chi connectivity index (χ1n) is 5.79. The second-order valence-electron chi connectivity index (χ2n) is 4.39. The van der Waals surface area contributed by atoms with E-state index in [9.17, 15) is 4.79 Å². The molecule has 1 N–H and O–H groups in total. The molecule has 0 aromatic heterocycles. The fourth-order valence-electron chi connectivity index (χ4n) is 1.61. The first kappa shape index (κ1) is 15.3. The summed E-state index contributed by atoms with van der Waals surface area (Å²) in [5, 5.41) is 9.96. The first-order valence-corrected chi connectivity index (χ1v) is 6.55. The van der Waals surface area contributed by atoms with Crippen molar-refractivity contribution in [2.45, 2.75) is 20.4 Å². The van der Waals surface area contributed by atoms with Crippen molar-refractivity contribution < 1.29 is 9.90 Å². The SMILES string of the molecule is CC(C)C(=O)N(CCO)Cc1ccc(Cl)c(Cl)c1. The average molecular weight is 290 g/mol. The highest BCUT2D eigenvalue weighted by molar-refractivity contribution is 6.42. The molecule has 100 valence electrons. The van der Waals surface area contributed by atoms with Gasteiger partial charge in [0, 0.05) is 19.0 Å². The van der Waals surface area contributed by atoms with Crippen LogP contribution in [-0.2, 0) is 11.3 Å². The Kier molecular flexibility index (Phi) is 5.93. The van der Waals surface area contributed by atoms with Crippen molar-refractivity contribution in [2.75, 3.05) is 13.2 Å². The van der Waals surface area contributed by atoms with E-state index in [-0.39, 0.29) is 18.4 Å². The van der Waals surface area contributed by atoms with Crippen molar-refractivity contribution in [3.05, 3.63) is 33.8 Å². The van der Waals surface area contributed by atoms with Gasteiger partial charge in [0.25, 0.3) is 0 Å². The molecule has 3 nitrogen and oxygen atoms in total. The van der Waals surface area contributed by atoms with E-state index in [1.807, 2.05) is 19.9 Å². The molecule has 1 amide bonds. The highest BCUT2D eigenvalue weighted by atomic mass is 35.5. The third-order valence-electron chi connectivity index (χ3n) is 2.53. The minimum Gasteiger partial charge on any atom is -0.395 e. The van der Waals surface area contributed by atoms with Crippen molar-refractivity contribution in [1.29, 1.82) is 0 Å². The van der Waals surface area contributed by atoms with Crippen molar-refractivity contribution in [2.24, 2.45) is 5.92 Å². The van der Waals surface area contributed by atoms with Gasteiger partial charge < -0.3 is 10.0 Å². The summed E-state index contributed by atoms with van der Waals surface area (Å²) >= 11 is 11.8. The number of carbonyl (C=O) groups excluding carboxylic acids is 1. The molecule has 5 heteroatoms. The van der Waals surface area contributed by atoms with Gasteiger partial charge in [-0.2, -0.15) is 0 Å². The Morgan fingerprint density at radius 2 is 2.00 bits per heavy atom. The highest BCUT2D eigenvalue weighted by Gasteiger charge is 2.17. The summed E-state index contributed by atoms with van der Waals surface area (Å²) in [4.78, 5) is 13.6. The number of nitrogens with zero attached hydrogens (tertiary/aromatic N) is 1. The predicted molar refractivity (Wildman–Crippen MR) is 73.8 cm³/mol. The number of aliphatic hydroxyl groups is 1. The van der Waals surface area contributed by atoms with E-state index in [0.717, 1.165) is 5.56 Å². The fraction of sp³-hybridized carbons (Fsp3) is 0.462. The summed E-state index contributed by atoms with van der Waals surface area (Å²) in [6, 6.07) is 5.27. The van der Waals surface area contributed by atoms with Gasteiger partial charge in [-0.25, -0.2) is 0 Å². The molecule has 0 aliphatic carbocycles. The lowest BCUT2D eigenvalue weighted by atomic mass is 10.1. The minimum absolute atomic E-state index is 0.00937. The number of aliphatic hydroxyl groups excluding tert-OH is 1. The smallest absolute Gasteiger partial charge is 0.225 e. The third kappa shape index (κ3) is 4.16. The Labute approximate surface area is 117 Å². The molecule has 1 aromatic rings. The van der Waals surface area contributed by atoms with Crippen LogP contribution in [0.15, 0.2) is 18.2 Å². The molecule has 0 atom stereocenters. The lowest BCUT2D eigenvalue weighted by molar-refractivity contribution is -0.135. The largest absolute Gasteiger partial charge is 0.395 e. The zero-order chi connectivity index (χ0) is 13.7. The first-order chi connectivity index (χ1) is 8.45. The second-order valence-corrected chi connectivity index (χ2v) is 5.20. The fourth-order valence-corrected chi connectivity index (χ4v) is 1.93. The van der Waals surface area contributed by atoms with Gasteiger partial charge in [0.1, 0.15) is 0 Å². The van der Waals surface area contributed by atoms with Gasteiger partial charge in [0.15, 0.2) is 0 Å². The van der Waals surface area contributed by atoms with Crippen LogP contribution < -0.4 is 0 Å². The molecule has 0 saturated heterocycles. The topological polar surface area (TPSA) is 40.5 Å². The van der Waals surface area contributed by atoms with Crippen molar-refractivity contribution in [3.63, 3.8) is 0 Å². The Hall–Kier alpha value is -0.770. The number of hydrogen-bond donors (Lipinski definition) is 1. The van der Waals surface area contributed by atoms with Crippen molar-refractivity contribution in [1.82, 2.24) is 4.90 Å². The van der Waals surface area contributed by atoms with Gasteiger partial charge in [-0.05, 0) is 17.7 Å². The van der Waals surface area contributed by atoms with Crippen LogP contribution in [0.25, 0.3) is 0 Å². The van der Waals surface area contributed by atoms with E-state index < -0.39 is 0 Å². The normalized spacial score (nSPS) is 10.8. The zero-order valence-electron chi connectivity index (χ0n) is 10.5. The van der Waals surface area contributed by atoms with Crippen molar-refractivity contribution >= 4 is 29.1 Å². The van der Waals surface area contributed by atoms with Gasteiger partial charge in [-0.1, -0.05) is 43.1 Å². The molecule has 0 spiro atoms. The van der Waals surface area contributed by atoms with Crippen LogP contribution >= 0.6 is 23.2 Å². The maximum absolute atomic E-state index is 11.9. The maximum Gasteiger partial charge on any atom is 0.225 e. The molecule has 18 heavy (non-hydrogen) atoms. The van der Waals surface area contributed by atoms with Crippen LogP contribution in [0, 0.1) is 5.92 Å². The molecule has 0 heterocycles. The molecular formula is C13H17Cl2NO2. The molecule has 1 rings (SSSR count). The van der Waals surface area contributed by atoms with Crippen LogP contribution in [-0.4, -0.2) is 29.1 Å². The van der Waals surface area contributed by atoms with Crippen LogP contribution in [0.2, 0.25) is 10.0 Å². The van der Waals surface area contributed by atoms with Crippen LogP contribution in [0.4, 0.5) is 0 Å². The number of halogens is 2. The number of amides is 1. The van der Waals surface area contributed by atoms with Crippen LogP contribution in [0.1, 0.15) is 19.4 Å². The summed E-state index contributed by atoms with van der Waals surface area (Å²) in [5.74, 6) is -0.0885. The molecule has 0 saturated carbocycles. The lowest BCUT2D eigenvalue weighted by Gasteiger charge is -2.24. The summed E-state index contributed by atoms with van der Waals surface area (Å²) in [6.45, 7) is 4.36. The summed E-state index contributed by atoms with van der Waals surface area (Å²) in [6.07, 6.45) is 0. The molecule has 0 fully saturated rings. The summed E-state index contributed by atoms with van der Waals surface area (Å²) in [7, 11) is 0. The number of rotatable bonds is 5. The number of hydrogen-bond acceptors (Lipinski definition) is 2. The molecule has 0 radical (unpaired) electrons. The van der Waals surface area contributed by atoms with Gasteiger partial charge in [0.05, 0.1) is 16.7 Å². The number of carbonyl (C=O) groups is 1. The minimum atomic E-state index is -0.0978. The van der Waals surface area contributed by atoms with Gasteiger partial charge >= 0.3 is 0 Å². The monoisotopic (exact) mass is 289 g/mol. The highest BCUT2D eigenvalue weighted by Crippen LogP contribution is 2.23. The molecule has 0 unspecified atom stereocenters. The number of benzene rings is 1. The Morgan fingerprint density at radius 3 is 2.50 bits per heavy atom. The molecule has 0 bridgehead atoms. The van der Waals surface area contributed by atoms with E-state index in [1.54, 1.807) is 17.0 Å². The van der Waals surface area contributed by atoms with Crippen LogP contribution in [0.3, 0.4) is 0 Å². The predicted octanol–water partition coefficient (Wildman–Crippen LogP) is 2.97. The molecule has 0 aliphatic rings. The van der Waals surface area contributed by atoms with Gasteiger partial charge in [-0.15, -0.1) is 0 Å². The van der Waals surface area contributed by atoms with E-state index in [4.69, 9.17) is 28.3 Å². The molecule has 0 aliphatic heterocycles. The lowest BCUT2D eigenvalue weighted by Crippen LogP contribution is -2.35. The van der Waals surface area contributed by atoms with Crippen molar-refractivity contribution in [3.8, 4) is 0 Å². The average Bonchev–Trinajstić information content (AvgIpc) is 2.32. The van der Waals surface area contributed by atoms with E-state index in [2.05, 4.69) is 0 Å². The Morgan fingerprint density at radius 1 is 1.33 bits per heavy atom. The second kappa shape index (κ2) is 6.98. The summed E-state index contributed by atoms with van der Waals surface area (Å²) in [5.41, 5.74) is 0.895. The van der Waals surface area contributed by atoms with E-state index in [0.29, 0.717) is 23.1 Å². The summed E-state index contributed by atoms with van der Waals surface area (Å²) < 4.78 is 0. The molecule has 1 aromatic carbocycles. The standard InChI is InChI=1S/C13H17Cl2NO2/c1-9(2)13(18)16(5-6-17)8-10-3-4-11(14)12(15)7-10/h3-4,7,9,17H,5-6,8H2,1-2H3. The Balaban J connectivity index is 2.82. The molecular weight excluding hydrogens is 273 g/mol. The quantitative estimate of drug-likeness (QED) is 0.905. The van der Waals surface area contributed by atoms with E-state index in [1.165, 1.54) is 0 Å². The third-order valence-corrected chi connectivity index (χ3v) is 3.27. The van der Waals surface area contributed by atoms with Gasteiger partial charge in [-0.3, -0.25) is 4.79 Å².